The summed E-state index contributed by atoms with van der Waals surface area (Å²) in [5, 5.41) is 2.92. The molecule has 0 aromatic heterocycles. The maximum absolute atomic E-state index is 13.2. The molecule has 1 atom stereocenters. The molecule has 5 heteroatoms. The molecule has 0 aliphatic carbocycles. The molecular weight excluding hydrogens is 303 g/mol. The Hall–Kier alpha value is -2.07. The first kappa shape index (κ1) is 16.3. The van der Waals surface area contributed by atoms with E-state index < -0.39 is 5.82 Å². The van der Waals surface area contributed by atoms with Gasteiger partial charge in [-0.1, -0.05) is 17.7 Å². The first-order valence-electron chi connectivity index (χ1n) is 6.91. The molecule has 2 aromatic carbocycles. The van der Waals surface area contributed by atoms with Crippen LogP contribution in [0, 0.1) is 5.82 Å². The minimum atomic E-state index is -0.469. The Kier molecular flexibility index (Phi) is 5.03. The fourth-order valence-electron chi connectivity index (χ4n) is 2.06. The lowest BCUT2D eigenvalue weighted by Crippen LogP contribution is -2.26. The maximum atomic E-state index is 13.2. The van der Waals surface area contributed by atoms with E-state index in [1.165, 1.54) is 12.1 Å². The second kappa shape index (κ2) is 6.79. The first-order chi connectivity index (χ1) is 10.4. The zero-order valence-corrected chi connectivity index (χ0v) is 13.5. The van der Waals surface area contributed by atoms with Crippen molar-refractivity contribution in [2.45, 2.75) is 13.0 Å². The van der Waals surface area contributed by atoms with Crippen LogP contribution in [0.4, 0.5) is 10.1 Å². The van der Waals surface area contributed by atoms with Gasteiger partial charge in [0.1, 0.15) is 5.82 Å². The van der Waals surface area contributed by atoms with E-state index in [0.29, 0.717) is 5.56 Å². The molecule has 1 N–H and O–H groups in total. The standard InChI is InChI=1S/C17H18ClFN2O/c1-11(13-6-9-16(19)15(18)10-13)20-17(22)12-4-7-14(8-5-12)21(2)3/h4-11H,1-3H3,(H,20,22). The summed E-state index contributed by atoms with van der Waals surface area (Å²) in [4.78, 5) is 14.2. The minimum Gasteiger partial charge on any atom is -0.378 e. The van der Waals surface area contributed by atoms with Gasteiger partial charge in [-0.15, -0.1) is 0 Å². The van der Waals surface area contributed by atoms with Crippen molar-refractivity contribution in [3.63, 3.8) is 0 Å². The van der Waals surface area contributed by atoms with E-state index in [2.05, 4.69) is 5.32 Å². The van der Waals surface area contributed by atoms with Gasteiger partial charge in [0.2, 0.25) is 0 Å². The van der Waals surface area contributed by atoms with Gasteiger partial charge in [-0.25, -0.2) is 4.39 Å². The summed E-state index contributed by atoms with van der Waals surface area (Å²) in [6, 6.07) is 11.5. The van der Waals surface area contributed by atoms with Crippen LogP contribution < -0.4 is 10.2 Å². The number of rotatable bonds is 4. The average Bonchev–Trinajstić information content (AvgIpc) is 2.50. The number of amides is 1. The monoisotopic (exact) mass is 320 g/mol. The third-order valence-electron chi connectivity index (χ3n) is 3.44. The summed E-state index contributed by atoms with van der Waals surface area (Å²) in [5.41, 5.74) is 2.35. The van der Waals surface area contributed by atoms with E-state index in [-0.39, 0.29) is 17.0 Å². The van der Waals surface area contributed by atoms with E-state index >= 15 is 0 Å². The smallest absolute Gasteiger partial charge is 0.251 e. The van der Waals surface area contributed by atoms with Gasteiger partial charge in [0.15, 0.2) is 0 Å². The van der Waals surface area contributed by atoms with E-state index in [4.69, 9.17) is 11.6 Å². The normalized spacial score (nSPS) is 11.9. The van der Waals surface area contributed by atoms with Crippen molar-refractivity contribution in [2.75, 3.05) is 19.0 Å². The third kappa shape index (κ3) is 3.77. The van der Waals surface area contributed by atoms with Gasteiger partial charge in [-0.05, 0) is 48.9 Å². The Bertz CT molecular complexity index is 671. The number of nitrogens with one attached hydrogen (secondary N) is 1. The van der Waals surface area contributed by atoms with Crippen LogP contribution in [0.2, 0.25) is 5.02 Å². The van der Waals surface area contributed by atoms with Crippen LogP contribution in [0.15, 0.2) is 42.5 Å². The van der Waals surface area contributed by atoms with Crippen molar-refractivity contribution < 1.29 is 9.18 Å². The highest BCUT2D eigenvalue weighted by atomic mass is 35.5. The van der Waals surface area contributed by atoms with E-state index in [9.17, 15) is 9.18 Å². The second-order valence-corrected chi connectivity index (χ2v) is 5.72. The molecule has 1 unspecified atom stereocenters. The summed E-state index contributed by atoms with van der Waals surface area (Å²) < 4.78 is 13.2. The molecule has 0 aliphatic heterocycles. The lowest BCUT2D eigenvalue weighted by molar-refractivity contribution is 0.0940. The predicted octanol–water partition coefficient (Wildman–Crippen LogP) is 4.04. The molecule has 22 heavy (non-hydrogen) atoms. The Morgan fingerprint density at radius 2 is 1.82 bits per heavy atom. The zero-order chi connectivity index (χ0) is 16.3. The molecule has 1 amide bonds. The van der Waals surface area contributed by atoms with Crippen LogP contribution in [0.25, 0.3) is 0 Å². The van der Waals surface area contributed by atoms with Crippen LogP contribution in [-0.4, -0.2) is 20.0 Å². The fourth-order valence-corrected chi connectivity index (χ4v) is 2.24. The van der Waals surface area contributed by atoms with Crippen LogP contribution in [0.3, 0.4) is 0 Å². The van der Waals surface area contributed by atoms with Gasteiger partial charge in [0.25, 0.3) is 5.91 Å². The van der Waals surface area contributed by atoms with Gasteiger partial charge in [0, 0.05) is 25.3 Å². The Morgan fingerprint density at radius 1 is 1.18 bits per heavy atom. The van der Waals surface area contributed by atoms with Crippen LogP contribution in [0.5, 0.6) is 0 Å². The average molecular weight is 321 g/mol. The highest BCUT2D eigenvalue weighted by Crippen LogP contribution is 2.21. The van der Waals surface area contributed by atoms with Gasteiger partial charge >= 0.3 is 0 Å². The third-order valence-corrected chi connectivity index (χ3v) is 3.73. The molecule has 0 heterocycles. The van der Waals surface area contributed by atoms with Crippen molar-refractivity contribution in [2.24, 2.45) is 0 Å². The Balaban J connectivity index is 2.08. The van der Waals surface area contributed by atoms with Crippen molar-refractivity contribution in [1.82, 2.24) is 5.32 Å². The molecule has 0 saturated heterocycles. The molecule has 3 nitrogen and oxygen atoms in total. The largest absolute Gasteiger partial charge is 0.378 e. The number of hydrogen-bond donors (Lipinski definition) is 1. The van der Waals surface area contributed by atoms with Crippen molar-refractivity contribution in [1.29, 1.82) is 0 Å². The van der Waals surface area contributed by atoms with Gasteiger partial charge < -0.3 is 10.2 Å². The lowest BCUT2D eigenvalue weighted by Gasteiger charge is -2.16. The van der Waals surface area contributed by atoms with Crippen LogP contribution >= 0.6 is 11.6 Å². The summed E-state index contributed by atoms with van der Waals surface area (Å²) in [5.74, 6) is -0.651. The quantitative estimate of drug-likeness (QED) is 0.922. The topological polar surface area (TPSA) is 32.3 Å². The highest BCUT2D eigenvalue weighted by Gasteiger charge is 2.13. The summed E-state index contributed by atoms with van der Waals surface area (Å²) >= 11 is 5.77. The second-order valence-electron chi connectivity index (χ2n) is 5.31. The predicted molar refractivity (Wildman–Crippen MR) is 88.1 cm³/mol. The summed E-state index contributed by atoms with van der Waals surface area (Å²) in [7, 11) is 3.88. The van der Waals surface area contributed by atoms with E-state index in [0.717, 1.165) is 11.3 Å². The number of nitrogens with zero attached hydrogens (tertiary/aromatic N) is 1. The number of benzene rings is 2. The molecule has 0 radical (unpaired) electrons. The summed E-state index contributed by atoms with van der Waals surface area (Å²) in [6.07, 6.45) is 0. The van der Waals surface area contributed by atoms with Crippen LogP contribution in [0.1, 0.15) is 28.9 Å². The van der Waals surface area contributed by atoms with Crippen LogP contribution in [-0.2, 0) is 0 Å². The molecule has 0 spiro atoms. The van der Waals surface area contributed by atoms with E-state index in [1.807, 2.05) is 38.1 Å². The molecule has 0 bridgehead atoms. The number of halogens is 2. The SMILES string of the molecule is CC(NC(=O)c1ccc(N(C)C)cc1)c1ccc(F)c(Cl)c1. The number of carbonyl (C=O) groups excluding carboxylic acids is 1. The van der Waals surface area contributed by atoms with Crippen molar-refractivity contribution in [3.05, 3.63) is 64.4 Å². The number of hydrogen-bond acceptors (Lipinski definition) is 2. The van der Waals surface area contributed by atoms with Crippen molar-refractivity contribution >= 4 is 23.2 Å². The molecule has 2 rings (SSSR count). The summed E-state index contributed by atoms with van der Waals surface area (Å²) in [6.45, 7) is 1.83. The van der Waals surface area contributed by atoms with E-state index in [1.54, 1.807) is 18.2 Å². The molecule has 116 valence electrons. The van der Waals surface area contributed by atoms with Gasteiger partial charge in [0.05, 0.1) is 11.1 Å². The number of anilines is 1. The Morgan fingerprint density at radius 3 is 2.36 bits per heavy atom. The zero-order valence-electron chi connectivity index (χ0n) is 12.7. The molecule has 2 aromatic rings. The van der Waals surface area contributed by atoms with Crippen molar-refractivity contribution in [3.8, 4) is 0 Å². The maximum Gasteiger partial charge on any atom is 0.251 e. The number of carbonyl (C=O) groups is 1. The highest BCUT2D eigenvalue weighted by molar-refractivity contribution is 6.30. The fraction of sp³-hybridized carbons (Fsp3) is 0.235. The molecular formula is C17H18ClFN2O. The minimum absolute atomic E-state index is 0.0499. The first-order valence-corrected chi connectivity index (χ1v) is 7.29. The molecule has 0 saturated carbocycles. The molecule has 0 aliphatic rings. The Labute approximate surface area is 134 Å². The van der Waals surface area contributed by atoms with Gasteiger partial charge in [-0.3, -0.25) is 4.79 Å². The molecule has 0 fully saturated rings. The van der Waals surface area contributed by atoms with Gasteiger partial charge in [-0.2, -0.15) is 0 Å². The lowest BCUT2D eigenvalue weighted by atomic mass is 10.1.